The molecule has 154 valence electrons. The number of aliphatic carboxylic acids is 1. The minimum atomic E-state index is -0.953. The average molecular weight is 389 g/mol. The molecule has 2 aliphatic heterocycles. The summed E-state index contributed by atoms with van der Waals surface area (Å²) in [6.45, 7) is 2.91. The van der Waals surface area contributed by atoms with Crippen LogP contribution >= 0.6 is 0 Å². The Hall–Kier alpha value is -2.08. The van der Waals surface area contributed by atoms with Gasteiger partial charge < -0.3 is 19.9 Å². The Balaban J connectivity index is 1.44. The molecule has 6 heteroatoms. The first-order valence-corrected chi connectivity index (χ1v) is 10.5. The van der Waals surface area contributed by atoms with Crippen molar-refractivity contribution in [1.82, 2.24) is 0 Å². The van der Waals surface area contributed by atoms with E-state index in [2.05, 4.69) is 12.2 Å². The summed E-state index contributed by atoms with van der Waals surface area (Å²) in [6.07, 6.45) is 8.18. The summed E-state index contributed by atoms with van der Waals surface area (Å²) in [5, 5.41) is 12.3. The number of anilines is 1. The van der Waals surface area contributed by atoms with E-state index in [1.54, 1.807) is 12.1 Å². The van der Waals surface area contributed by atoms with Crippen LogP contribution in [0.25, 0.3) is 0 Å². The van der Waals surface area contributed by atoms with Gasteiger partial charge in [-0.25, -0.2) is 0 Å². The summed E-state index contributed by atoms with van der Waals surface area (Å²) < 4.78 is 11.4. The maximum Gasteiger partial charge on any atom is 0.310 e. The van der Waals surface area contributed by atoms with Gasteiger partial charge in [-0.2, -0.15) is 0 Å². The molecule has 6 nitrogen and oxygen atoms in total. The first-order chi connectivity index (χ1) is 13.6. The molecule has 2 unspecified atom stereocenters. The van der Waals surface area contributed by atoms with Crippen molar-refractivity contribution in [2.24, 2.45) is 11.8 Å². The van der Waals surface area contributed by atoms with Gasteiger partial charge in [0.15, 0.2) is 0 Å². The monoisotopic (exact) mass is 389 g/mol. The standard InChI is InChI=1S/C22H31NO5/c1-2-3-4-5-6-7-14-27-16-10-8-15(9-11-16)23-21(24)19-17-12-13-18(28-17)20(19)22(25)26/h8-11,17-20H,2-7,12-14H2,1H3,(H,23,24)(H,25,26)/t17-,18-,19?,20?/m1/s1. The maximum absolute atomic E-state index is 12.6. The number of carbonyl (C=O) groups is 2. The number of carboxylic acids is 1. The molecule has 0 saturated carbocycles. The molecule has 1 aromatic carbocycles. The molecule has 2 N–H and O–H groups in total. The van der Waals surface area contributed by atoms with E-state index in [0.717, 1.165) is 25.0 Å². The van der Waals surface area contributed by atoms with Crippen LogP contribution in [-0.2, 0) is 14.3 Å². The van der Waals surface area contributed by atoms with Crippen molar-refractivity contribution in [3.8, 4) is 5.75 Å². The van der Waals surface area contributed by atoms with Gasteiger partial charge >= 0.3 is 5.97 Å². The lowest BCUT2D eigenvalue weighted by molar-refractivity contribution is -0.147. The van der Waals surface area contributed by atoms with Crippen LogP contribution in [0.4, 0.5) is 5.69 Å². The van der Waals surface area contributed by atoms with Gasteiger partial charge in [0.25, 0.3) is 0 Å². The normalized spacial score (nSPS) is 25.6. The number of amides is 1. The largest absolute Gasteiger partial charge is 0.494 e. The van der Waals surface area contributed by atoms with E-state index in [1.165, 1.54) is 32.1 Å². The molecule has 2 bridgehead atoms. The van der Waals surface area contributed by atoms with Crippen molar-refractivity contribution in [3.05, 3.63) is 24.3 Å². The van der Waals surface area contributed by atoms with Gasteiger partial charge in [-0.3, -0.25) is 9.59 Å². The molecule has 1 aromatic rings. The fraction of sp³-hybridized carbons (Fsp3) is 0.636. The van der Waals surface area contributed by atoms with Crippen LogP contribution < -0.4 is 10.1 Å². The van der Waals surface area contributed by atoms with Gasteiger partial charge in [-0.1, -0.05) is 39.0 Å². The molecule has 0 aliphatic carbocycles. The van der Waals surface area contributed by atoms with Crippen molar-refractivity contribution in [2.45, 2.75) is 70.5 Å². The zero-order valence-corrected chi connectivity index (χ0v) is 16.6. The van der Waals surface area contributed by atoms with Crippen molar-refractivity contribution in [1.29, 1.82) is 0 Å². The van der Waals surface area contributed by atoms with E-state index in [4.69, 9.17) is 9.47 Å². The van der Waals surface area contributed by atoms with Crippen molar-refractivity contribution >= 4 is 17.6 Å². The number of hydrogen-bond donors (Lipinski definition) is 2. The van der Waals surface area contributed by atoms with Gasteiger partial charge in [0.05, 0.1) is 30.7 Å². The third-order valence-corrected chi connectivity index (χ3v) is 5.75. The topological polar surface area (TPSA) is 84.9 Å². The lowest BCUT2D eigenvalue weighted by Gasteiger charge is -2.23. The van der Waals surface area contributed by atoms with Crippen LogP contribution in [0.1, 0.15) is 58.3 Å². The number of fused-ring (bicyclic) bond motifs is 2. The highest BCUT2D eigenvalue weighted by molar-refractivity contribution is 5.96. The number of benzene rings is 1. The Morgan fingerprint density at radius 1 is 1.04 bits per heavy atom. The van der Waals surface area contributed by atoms with Crippen LogP contribution in [-0.4, -0.2) is 35.8 Å². The average Bonchev–Trinajstić information content (AvgIpc) is 3.30. The fourth-order valence-corrected chi connectivity index (χ4v) is 4.26. The lowest BCUT2D eigenvalue weighted by atomic mass is 9.78. The van der Waals surface area contributed by atoms with E-state index >= 15 is 0 Å². The first kappa shape index (κ1) is 20.6. The van der Waals surface area contributed by atoms with Crippen molar-refractivity contribution in [2.75, 3.05) is 11.9 Å². The van der Waals surface area contributed by atoms with Crippen LogP contribution in [0.15, 0.2) is 24.3 Å². The zero-order valence-electron chi connectivity index (χ0n) is 16.6. The molecule has 3 rings (SSSR count). The molecule has 0 aromatic heterocycles. The molecular formula is C22H31NO5. The quantitative estimate of drug-likeness (QED) is 0.553. The second kappa shape index (κ2) is 9.92. The Labute approximate surface area is 166 Å². The number of ether oxygens (including phenoxy) is 2. The highest BCUT2D eigenvalue weighted by Crippen LogP contribution is 2.44. The molecular weight excluding hydrogens is 358 g/mol. The van der Waals surface area contributed by atoms with Gasteiger partial charge in [-0.15, -0.1) is 0 Å². The van der Waals surface area contributed by atoms with Gasteiger partial charge in [0.2, 0.25) is 5.91 Å². The van der Waals surface area contributed by atoms with E-state index in [9.17, 15) is 14.7 Å². The highest BCUT2D eigenvalue weighted by Gasteiger charge is 2.55. The van der Waals surface area contributed by atoms with E-state index in [-0.39, 0.29) is 18.1 Å². The number of rotatable bonds is 11. The Bertz CT molecular complexity index is 659. The van der Waals surface area contributed by atoms with Gasteiger partial charge in [-0.05, 0) is 43.5 Å². The minimum Gasteiger partial charge on any atom is -0.494 e. The second-order valence-electron chi connectivity index (χ2n) is 7.81. The molecule has 2 saturated heterocycles. The number of carbonyl (C=O) groups excluding carboxylic acids is 1. The van der Waals surface area contributed by atoms with Crippen molar-refractivity contribution in [3.63, 3.8) is 0 Å². The molecule has 2 fully saturated rings. The first-order valence-electron chi connectivity index (χ1n) is 10.5. The second-order valence-corrected chi connectivity index (χ2v) is 7.81. The molecule has 2 heterocycles. The maximum atomic E-state index is 12.6. The van der Waals surface area contributed by atoms with Crippen LogP contribution in [0.3, 0.4) is 0 Å². The Morgan fingerprint density at radius 3 is 2.36 bits per heavy atom. The van der Waals surface area contributed by atoms with Crippen LogP contribution in [0.2, 0.25) is 0 Å². The molecule has 1 amide bonds. The summed E-state index contributed by atoms with van der Waals surface area (Å²) in [5.41, 5.74) is 0.642. The molecule has 0 radical (unpaired) electrons. The number of hydrogen-bond acceptors (Lipinski definition) is 4. The predicted molar refractivity (Wildman–Crippen MR) is 106 cm³/mol. The Morgan fingerprint density at radius 2 is 1.68 bits per heavy atom. The minimum absolute atomic E-state index is 0.277. The highest BCUT2D eigenvalue weighted by atomic mass is 16.5. The summed E-state index contributed by atoms with van der Waals surface area (Å²) >= 11 is 0. The number of carboxylic acid groups (broad SMARTS) is 1. The van der Waals surface area contributed by atoms with Crippen molar-refractivity contribution < 1.29 is 24.2 Å². The summed E-state index contributed by atoms with van der Waals surface area (Å²) in [5.74, 6) is -1.83. The summed E-state index contributed by atoms with van der Waals surface area (Å²) in [4.78, 5) is 24.2. The molecule has 2 aliphatic rings. The number of nitrogens with one attached hydrogen (secondary N) is 1. The van der Waals surface area contributed by atoms with Gasteiger partial charge in [0, 0.05) is 5.69 Å². The Kier molecular flexibility index (Phi) is 7.31. The number of unbranched alkanes of at least 4 members (excludes halogenated alkanes) is 5. The summed E-state index contributed by atoms with van der Waals surface area (Å²) in [6, 6.07) is 7.24. The van der Waals surface area contributed by atoms with E-state index in [0.29, 0.717) is 12.3 Å². The smallest absolute Gasteiger partial charge is 0.310 e. The lowest BCUT2D eigenvalue weighted by Crippen LogP contribution is -2.40. The van der Waals surface area contributed by atoms with E-state index < -0.39 is 17.8 Å². The SMILES string of the molecule is CCCCCCCCOc1ccc(NC(=O)C2C(C(=O)O)[C@H]3CC[C@H]2O3)cc1. The predicted octanol–water partition coefficient (Wildman–Crippen LogP) is 4.24. The van der Waals surface area contributed by atoms with Crippen LogP contribution in [0, 0.1) is 11.8 Å². The third kappa shape index (κ3) is 5.04. The fourth-order valence-electron chi connectivity index (χ4n) is 4.26. The third-order valence-electron chi connectivity index (χ3n) is 5.75. The molecule has 28 heavy (non-hydrogen) atoms. The summed E-state index contributed by atoms with van der Waals surface area (Å²) in [7, 11) is 0. The zero-order chi connectivity index (χ0) is 19.9. The molecule has 4 atom stereocenters. The van der Waals surface area contributed by atoms with Crippen LogP contribution in [0.5, 0.6) is 5.75 Å². The van der Waals surface area contributed by atoms with Gasteiger partial charge in [0.1, 0.15) is 5.75 Å². The van der Waals surface area contributed by atoms with E-state index in [1.807, 2.05) is 12.1 Å². The molecule has 0 spiro atoms.